The first kappa shape index (κ1) is 18.0. The zero-order chi connectivity index (χ0) is 16.0. The van der Waals surface area contributed by atoms with Crippen LogP contribution in [0.4, 0.5) is 0 Å². The Morgan fingerprint density at radius 3 is 2.24 bits per heavy atom. The van der Waals surface area contributed by atoms with E-state index in [0.717, 1.165) is 12.1 Å². The fourth-order valence-corrected chi connectivity index (χ4v) is 2.85. The van der Waals surface area contributed by atoms with E-state index in [1.54, 1.807) is 12.1 Å². The first-order valence-corrected chi connectivity index (χ1v) is 9.36. The highest BCUT2D eigenvalue weighted by atomic mass is 35.7. The molecule has 21 heavy (non-hydrogen) atoms. The summed E-state index contributed by atoms with van der Waals surface area (Å²) in [5, 5.41) is 0. The molecule has 1 rings (SSSR count). The molecule has 0 aliphatic rings. The minimum atomic E-state index is -3.68. The summed E-state index contributed by atoms with van der Waals surface area (Å²) in [6.07, 6.45) is 1.02. The van der Waals surface area contributed by atoms with Crippen LogP contribution in [0, 0.1) is 5.92 Å². The third-order valence-electron chi connectivity index (χ3n) is 3.15. The number of rotatable bonds is 7. The van der Waals surface area contributed by atoms with Crippen LogP contribution in [0.2, 0.25) is 0 Å². The van der Waals surface area contributed by atoms with E-state index in [-0.39, 0.29) is 10.8 Å². The van der Waals surface area contributed by atoms with Crippen LogP contribution < -0.4 is 0 Å². The Balaban J connectivity index is 2.60. The molecule has 4 nitrogen and oxygen atoms in total. The second-order valence-electron chi connectivity index (χ2n) is 5.41. The van der Waals surface area contributed by atoms with Crippen molar-refractivity contribution in [3.8, 4) is 0 Å². The van der Waals surface area contributed by atoms with Gasteiger partial charge in [0.25, 0.3) is 9.05 Å². The molecule has 0 saturated carbocycles. The first-order valence-electron chi connectivity index (χ1n) is 7.05. The number of benzene rings is 1. The number of aryl methyl sites for hydroxylation is 1. The van der Waals surface area contributed by atoms with Gasteiger partial charge in [-0.15, -0.1) is 0 Å². The van der Waals surface area contributed by atoms with E-state index in [4.69, 9.17) is 10.7 Å². The van der Waals surface area contributed by atoms with Gasteiger partial charge >= 0.3 is 0 Å². The summed E-state index contributed by atoms with van der Waals surface area (Å²) in [7, 11) is 1.57. The van der Waals surface area contributed by atoms with E-state index < -0.39 is 9.05 Å². The summed E-state index contributed by atoms with van der Waals surface area (Å²) in [6, 6.07) is 6.32. The Bertz CT molecular complexity index is 567. The summed E-state index contributed by atoms with van der Waals surface area (Å²) in [6.45, 7) is 7.61. The minimum Gasteiger partial charge on any atom is -0.343 e. The minimum absolute atomic E-state index is 0.0780. The fourth-order valence-electron chi connectivity index (χ4n) is 2.08. The number of hydrogen-bond acceptors (Lipinski definition) is 3. The second-order valence-corrected chi connectivity index (χ2v) is 7.97. The van der Waals surface area contributed by atoms with Gasteiger partial charge in [0.2, 0.25) is 5.91 Å². The van der Waals surface area contributed by atoms with Crippen LogP contribution in [0.1, 0.15) is 32.8 Å². The highest BCUT2D eigenvalue weighted by Crippen LogP contribution is 2.16. The maximum Gasteiger partial charge on any atom is 0.261 e. The van der Waals surface area contributed by atoms with Crippen molar-refractivity contribution in [2.75, 3.05) is 13.1 Å². The molecular weight excluding hydrogens is 310 g/mol. The Kier molecular flexibility index (Phi) is 6.68. The van der Waals surface area contributed by atoms with Crippen molar-refractivity contribution < 1.29 is 13.2 Å². The number of nitrogens with zero attached hydrogens (tertiary/aromatic N) is 1. The molecule has 6 heteroatoms. The van der Waals surface area contributed by atoms with Crippen LogP contribution in [0.25, 0.3) is 0 Å². The SMILES string of the molecule is CCN(CC(C)C)C(=O)CCc1ccc(S(=O)(=O)Cl)cc1. The summed E-state index contributed by atoms with van der Waals surface area (Å²) in [4.78, 5) is 14.0. The molecule has 0 saturated heterocycles. The monoisotopic (exact) mass is 331 g/mol. The van der Waals surface area contributed by atoms with Crippen molar-refractivity contribution in [2.24, 2.45) is 5.92 Å². The maximum absolute atomic E-state index is 12.1. The molecule has 0 bridgehead atoms. The van der Waals surface area contributed by atoms with Gasteiger partial charge < -0.3 is 4.90 Å². The molecule has 1 amide bonds. The average molecular weight is 332 g/mol. The van der Waals surface area contributed by atoms with Gasteiger partial charge in [-0.2, -0.15) is 0 Å². The Hall–Kier alpha value is -1.07. The second kappa shape index (κ2) is 7.80. The maximum atomic E-state index is 12.1. The first-order chi connectivity index (χ1) is 9.74. The summed E-state index contributed by atoms with van der Waals surface area (Å²) < 4.78 is 22.3. The molecule has 0 fully saturated rings. The normalized spacial score (nSPS) is 11.7. The van der Waals surface area contributed by atoms with Gasteiger partial charge in [-0.3, -0.25) is 4.79 Å². The number of hydrogen-bond donors (Lipinski definition) is 0. The molecule has 0 spiro atoms. The third kappa shape index (κ3) is 6.06. The van der Waals surface area contributed by atoms with Crippen LogP contribution in [-0.4, -0.2) is 32.3 Å². The summed E-state index contributed by atoms with van der Waals surface area (Å²) >= 11 is 0. The quantitative estimate of drug-likeness (QED) is 0.721. The van der Waals surface area contributed by atoms with Crippen molar-refractivity contribution in [1.29, 1.82) is 0 Å². The molecule has 0 radical (unpaired) electrons. The smallest absolute Gasteiger partial charge is 0.261 e. The number of carbonyl (C=O) groups is 1. The molecule has 0 heterocycles. The molecule has 1 aromatic rings. The van der Waals surface area contributed by atoms with Gasteiger partial charge in [-0.05, 0) is 37.0 Å². The molecule has 0 N–H and O–H groups in total. The van der Waals surface area contributed by atoms with Gasteiger partial charge in [0, 0.05) is 30.2 Å². The fraction of sp³-hybridized carbons (Fsp3) is 0.533. The van der Waals surface area contributed by atoms with Crippen molar-refractivity contribution >= 4 is 25.6 Å². The summed E-state index contributed by atoms with van der Waals surface area (Å²) in [5.74, 6) is 0.572. The topological polar surface area (TPSA) is 54.5 Å². The van der Waals surface area contributed by atoms with Gasteiger partial charge in [0.15, 0.2) is 0 Å². The van der Waals surface area contributed by atoms with E-state index in [1.165, 1.54) is 12.1 Å². The number of halogens is 1. The van der Waals surface area contributed by atoms with E-state index in [9.17, 15) is 13.2 Å². The van der Waals surface area contributed by atoms with Gasteiger partial charge in [-0.25, -0.2) is 8.42 Å². The van der Waals surface area contributed by atoms with E-state index in [1.807, 2.05) is 11.8 Å². The van der Waals surface area contributed by atoms with Crippen LogP contribution in [0.15, 0.2) is 29.2 Å². The van der Waals surface area contributed by atoms with Crippen molar-refractivity contribution in [2.45, 2.75) is 38.5 Å². The lowest BCUT2D eigenvalue weighted by Gasteiger charge is -2.23. The lowest BCUT2D eigenvalue weighted by Crippen LogP contribution is -2.34. The highest BCUT2D eigenvalue weighted by molar-refractivity contribution is 8.13. The predicted octanol–water partition coefficient (Wildman–Crippen LogP) is 3.05. The highest BCUT2D eigenvalue weighted by Gasteiger charge is 2.13. The molecule has 0 unspecified atom stereocenters. The van der Waals surface area contributed by atoms with E-state index >= 15 is 0 Å². The molecule has 0 atom stereocenters. The zero-order valence-electron chi connectivity index (χ0n) is 12.7. The zero-order valence-corrected chi connectivity index (χ0v) is 14.2. The largest absolute Gasteiger partial charge is 0.343 e. The summed E-state index contributed by atoms with van der Waals surface area (Å²) in [5.41, 5.74) is 0.924. The van der Waals surface area contributed by atoms with Gasteiger partial charge in [0.1, 0.15) is 0 Å². The predicted molar refractivity (Wildman–Crippen MR) is 84.9 cm³/mol. The van der Waals surface area contributed by atoms with Crippen molar-refractivity contribution in [3.63, 3.8) is 0 Å². The van der Waals surface area contributed by atoms with E-state index in [2.05, 4.69) is 13.8 Å². The van der Waals surface area contributed by atoms with E-state index in [0.29, 0.717) is 25.3 Å². The van der Waals surface area contributed by atoms with Crippen LogP contribution in [-0.2, 0) is 20.3 Å². The van der Waals surface area contributed by atoms with Crippen LogP contribution >= 0.6 is 10.7 Å². The molecule has 0 aliphatic carbocycles. The van der Waals surface area contributed by atoms with Crippen molar-refractivity contribution in [1.82, 2.24) is 4.90 Å². The Morgan fingerprint density at radius 1 is 1.24 bits per heavy atom. The standard InChI is InChI=1S/C15H22ClNO3S/c1-4-17(11-12(2)3)15(18)10-7-13-5-8-14(9-6-13)21(16,19)20/h5-6,8-9,12H,4,7,10-11H2,1-3H3. The molecule has 1 aromatic carbocycles. The molecular formula is C15H22ClNO3S. The van der Waals surface area contributed by atoms with Crippen molar-refractivity contribution in [3.05, 3.63) is 29.8 Å². The Morgan fingerprint density at radius 2 is 1.81 bits per heavy atom. The molecule has 0 aromatic heterocycles. The molecule has 118 valence electrons. The number of carbonyl (C=O) groups excluding carboxylic acids is 1. The number of amides is 1. The van der Waals surface area contributed by atoms with Crippen LogP contribution in [0.5, 0.6) is 0 Å². The Labute approximate surface area is 131 Å². The van der Waals surface area contributed by atoms with Gasteiger partial charge in [-0.1, -0.05) is 26.0 Å². The van der Waals surface area contributed by atoms with Crippen LogP contribution in [0.3, 0.4) is 0 Å². The third-order valence-corrected chi connectivity index (χ3v) is 4.52. The lowest BCUT2D eigenvalue weighted by molar-refractivity contribution is -0.131. The average Bonchev–Trinajstić information content (AvgIpc) is 2.41. The molecule has 0 aliphatic heterocycles. The lowest BCUT2D eigenvalue weighted by atomic mass is 10.1. The van der Waals surface area contributed by atoms with Gasteiger partial charge in [0.05, 0.1) is 4.90 Å².